The van der Waals surface area contributed by atoms with Crippen molar-refractivity contribution in [2.24, 2.45) is 0 Å². The minimum atomic E-state index is -4.71. The highest BCUT2D eigenvalue weighted by molar-refractivity contribution is 7.45. The van der Waals surface area contributed by atoms with Crippen LogP contribution in [-0.4, -0.2) is 69.4 Å². The predicted octanol–water partition coefficient (Wildman–Crippen LogP) is 17.9. The van der Waals surface area contributed by atoms with Crippen LogP contribution in [0.15, 0.2) is 109 Å². The third-order valence-electron chi connectivity index (χ3n) is 12.7. The van der Waals surface area contributed by atoms with Crippen molar-refractivity contribution in [3.8, 4) is 0 Å². The first-order valence-electron chi connectivity index (χ1n) is 30.2. The summed E-state index contributed by atoms with van der Waals surface area (Å²) in [4.78, 5) is 39.9. The van der Waals surface area contributed by atoms with Gasteiger partial charge in [0.1, 0.15) is 19.3 Å². The summed E-state index contributed by atoms with van der Waals surface area (Å²) in [5.74, 6) is -0.587. The van der Waals surface area contributed by atoms with Gasteiger partial charge in [0.25, 0.3) is 7.82 Å². The lowest BCUT2D eigenvalue weighted by Crippen LogP contribution is -2.47. The van der Waals surface area contributed by atoms with Gasteiger partial charge in [-0.05, 0) is 109 Å². The van der Waals surface area contributed by atoms with Crippen LogP contribution in [0.25, 0.3) is 0 Å². The Balaban J connectivity index is 5.28. The normalized spacial score (nSPS) is 14.5. The molecule has 0 saturated heterocycles. The summed E-state index contributed by atoms with van der Waals surface area (Å²) >= 11 is 0. The van der Waals surface area contributed by atoms with E-state index in [0.29, 0.717) is 23.9 Å². The fourth-order valence-corrected chi connectivity index (χ4v) is 8.81. The number of carbonyl (C=O) groups excluding carboxylic acids is 2. The van der Waals surface area contributed by atoms with Crippen molar-refractivity contribution in [2.45, 2.75) is 251 Å². The zero-order chi connectivity index (χ0) is 55.0. The predicted molar refractivity (Wildman–Crippen MR) is 320 cm³/mol. The highest BCUT2D eigenvalue weighted by atomic mass is 31.2. The first kappa shape index (κ1) is 71.7. The molecule has 0 aromatic rings. The molecule has 0 aliphatic heterocycles. The number of rotatable bonds is 53. The molecule has 0 aromatic carbocycles. The topological polar surface area (TPSA) is 114 Å². The van der Waals surface area contributed by atoms with Gasteiger partial charge in [-0.15, -0.1) is 0 Å². The molecule has 0 rings (SSSR count). The van der Waals surface area contributed by atoms with E-state index in [2.05, 4.69) is 123 Å². The average Bonchev–Trinajstić information content (AvgIpc) is 3.37. The van der Waals surface area contributed by atoms with Crippen molar-refractivity contribution >= 4 is 19.7 Å². The first-order valence-corrected chi connectivity index (χ1v) is 31.7. The molecule has 0 aliphatic rings. The lowest BCUT2D eigenvalue weighted by atomic mass is 10.0. The smallest absolute Gasteiger partial charge is 0.306 e. The highest BCUT2D eigenvalue weighted by Gasteiger charge is 2.27. The van der Waals surface area contributed by atoms with Gasteiger partial charge in [-0.2, -0.15) is 0 Å². The standard InChI is InChI=1S/C65H113N2O7P/c1-7-10-13-16-19-22-25-28-30-31-32-33-34-35-36-37-38-40-43-46-49-52-55-58-65(69)74-63(56-53-50-47-44-41-27-24-21-18-15-12-9-3)62(61-73-75(70,71)72-60-59-67(4,5)6)66-64(68)57-54-51-48-45-42-39-29-26-23-20-17-14-11-8-2/h10-11,13-14,19-20,22-23,28-30,32-33,35-36,39,53,56,62-63H,7-9,12,15-18,21,24-27,31,34,37-38,40-52,54-55,57-61H2,1-6H3,(H-,66,68,70,71)/b13-10-,14-11+,22-19-,23-20+,30-28-,33-32-,36-35-,39-29+,56-53-. The Hall–Kier alpha value is -3.33. The van der Waals surface area contributed by atoms with Gasteiger partial charge in [0, 0.05) is 12.8 Å². The van der Waals surface area contributed by atoms with Gasteiger partial charge in [0.05, 0.1) is 33.8 Å². The maximum atomic E-state index is 13.5. The number of quaternary nitrogens is 1. The molecule has 0 bridgehead atoms. The summed E-state index contributed by atoms with van der Waals surface area (Å²) in [7, 11) is 1.15. The van der Waals surface area contributed by atoms with E-state index in [9.17, 15) is 19.0 Å². The van der Waals surface area contributed by atoms with Crippen LogP contribution >= 0.6 is 7.82 Å². The number of unbranched alkanes of at least 4 members (excludes halogenated alkanes) is 21. The number of ether oxygens (including phenoxy) is 1. The Morgan fingerprint density at radius 3 is 1.28 bits per heavy atom. The Morgan fingerprint density at radius 1 is 0.480 bits per heavy atom. The molecule has 3 atom stereocenters. The molecule has 0 spiro atoms. The molecule has 3 unspecified atom stereocenters. The largest absolute Gasteiger partial charge is 0.756 e. The van der Waals surface area contributed by atoms with Crippen LogP contribution in [0.3, 0.4) is 0 Å². The van der Waals surface area contributed by atoms with E-state index < -0.39 is 26.6 Å². The molecule has 430 valence electrons. The summed E-state index contributed by atoms with van der Waals surface area (Å²) in [6, 6.07) is -0.911. The van der Waals surface area contributed by atoms with Crippen molar-refractivity contribution in [3.05, 3.63) is 109 Å². The van der Waals surface area contributed by atoms with Crippen molar-refractivity contribution in [1.29, 1.82) is 0 Å². The molecular weight excluding hydrogens is 952 g/mol. The minimum Gasteiger partial charge on any atom is -0.756 e. The molecule has 0 aliphatic carbocycles. The lowest BCUT2D eigenvalue weighted by molar-refractivity contribution is -0.870. The number of allylic oxidation sites excluding steroid dienone is 17. The third kappa shape index (κ3) is 55.2. The average molecular weight is 1070 g/mol. The maximum absolute atomic E-state index is 13.5. The van der Waals surface area contributed by atoms with Crippen LogP contribution in [0.1, 0.15) is 239 Å². The van der Waals surface area contributed by atoms with Crippen molar-refractivity contribution in [3.63, 3.8) is 0 Å². The van der Waals surface area contributed by atoms with Crippen LogP contribution in [0.2, 0.25) is 0 Å². The van der Waals surface area contributed by atoms with Gasteiger partial charge >= 0.3 is 5.97 Å². The fraction of sp³-hybridized carbons (Fsp3) is 0.692. The molecule has 1 N–H and O–H groups in total. The van der Waals surface area contributed by atoms with E-state index >= 15 is 0 Å². The summed E-state index contributed by atoms with van der Waals surface area (Å²) in [5.41, 5.74) is 0. The van der Waals surface area contributed by atoms with Crippen molar-refractivity contribution in [1.82, 2.24) is 5.32 Å². The highest BCUT2D eigenvalue weighted by Crippen LogP contribution is 2.38. The van der Waals surface area contributed by atoms with Crippen LogP contribution in [-0.2, 0) is 27.9 Å². The molecule has 75 heavy (non-hydrogen) atoms. The lowest BCUT2D eigenvalue weighted by Gasteiger charge is -2.30. The monoisotopic (exact) mass is 1060 g/mol. The third-order valence-corrected chi connectivity index (χ3v) is 13.7. The number of nitrogens with one attached hydrogen (secondary N) is 1. The Bertz CT molecular complexity index is 1650. The number of hydrogen-bond acceptors (Lipinski definition) is 7. The zero-order valence-corrected chi connectivity index (χ0v) is 49.9. The van der Waals surface area contributed by atoms with Crippen LogP contribution in [0.4, 0.5) is 0 Å². The zero-order valence-electron chi connectivity index (χ0n) is 49.0. The van der Waals surface area contributed by atoms with E-state index in [1.807, 2.05) is 33.3 Å². The SMILES string of the molecule is CC/C=C\C/C=C\C/C=C\C/C=C\C/C=C\CCCCCCCCCC(=O)OC(/C=C\CCCCCCCCCCCC)C(COP(=O)([O-])OCC[N+](C)(C)C)NC(=O)CCCCCC/C=C/C/C=C/C/C=C/CC. The molecule has 0 radical (unpaired) electrons. The summed E-state index contributed by atoms with van der Waals surface area (Å²) in [5, 5.41) is 3.00. The van der Waals surface area contributed by atoms with Gasteiger partial charge in [-0.3, -0.25) is 14.2 Å². The molecule has 0 heterocycles. The second-order valence-corrected chi connectivity index (χ2v) is 22.5. The van der Waals surface area contributed by atoms with Gasteiger partial charge < -0.3 is 28.5 Å². The van der Waals surface area contributed by atoms with Gasteiger partial charge in [0.15, 0.2) is 0 Å². The van der Waals surface area contributed by atoms with E-state index in [1.54, 1.807) is 0 Å². The molecule has 1 amide bonds. The van der Waals surface area contributed by atoms with E-state index in [1.165, 1.54) is 70.6 Å². The molecular formula is C65H113N2O7P. The number of nitrogens with zero attached hydrogens (tertiary/aromatic N) is 1. The van der Waals surface area contributed by atoms with E-state index in [0.717, 1.165) is 122 Å². The molecule has 0 aromatic heterocycles. The van der Waals surface area contributed by atoms with E-state index in [4.69, 9.17) is 13.8 Å². The van der Waals surface area contributed by atoms with Crippen molar-refractivity contribution < 1.29 is 37.3 Å². The fourth-order valence-electron chi connectivity index (χ4n) is 8.09. The first-order chi connectivity index (χ1) is 36.4. The summed E-state index contributed by atoms with van der Waals surface area (Å²) in [6.07, 6.45) is 73.4. The van der Waals surface area contributed by atoms with Gasteiger partial charge in [-0.25, -0.2) is 0 Å². The number of phosphoric ester groups is 1. The Labute approximate surface area is 461 Å². The Kier molecular flexibility index (Phi) is 51.6. The van der Waals surface area contributed by atoms with Crippen molar-refractivity contribution in [2.75, 3.05) is 40.9 Å². The summed E-state index contributed by atoms with van der Waals surface area (Å²) in [6.45, 7) is 6.57. The number of hydrogen-bond donors (Lipinski definition) is 1. The van der Waals surface area contributed by atoms with Crippen LogP contribution in [0, 0.1) is 0 Å². The number of amides is 1. The molecule has 0 fully saturated rings. The number of carbonyl (C=O) groups is 2. The Morgan fingerprint density at radius 2 is 0.853 bits per heavy atom. The molecule has 0 saturated carbocycles. The number of phosphoric acid groups is 1. The summed E-state index contributed by atoms with van der Waals surface area (Å²) < 4.78 is 30.2. The van der Waals surface area contributed by atoms with Crippen LogP contribution < -0.4 is 10.2 Å². The quantitative estimate of drug-likeness (QED) is 0.0212. The molecule has 9 nitrogen and oxygen atoms in total. The number of esters is 1. The van der Waals surface area contributed by atoms with Crippen LogP contribution in [0.5, 0.6) is 0 Å². The van der Waals surface area contributed by atoms with Gasteiger partial charge in [0.2, 0.25) is 5.91 Å². The number of likely N-dealkylation sites (N-methyl/N-ethyl adjacent to an activating group) is 1. The maximum Gasteiger partial charge on any atom is 0.306 e. The van der Waals surface area contributed by atoms with E-state index in [-0.39, 0.29) is 31.3 Å². The van der Waals surface area contributed by atoms with Gasteiger partial charge in [-0.1, -0.05) is 227 Å². The minimum absolute atomic E-state index is 0.0344. The second kappa shape index (κ2) is 54.0. The second-order valence-electron chi connectivity index (χ2n) is 21.1. The molecule has 10 heteroatoms.